The van der Waals surface area contributed by atoms with Crippen molar-refractivity contribution in [1.29, 1.82) is 0 Å². The van der Waals surface area contributed by atoms with Gasteiger partial charge in [0.05, 0.1) is 12.2 Å². The number of rotatable bonds is 1. The summed E-state index contributed by atoms with van der Waals surface area (Å²) < 4.78 is 10.6. The zero-order chi connectivity index (χ0) is 14.5. The molecule has 1 spiro atoms. The van der Waals surface area contributed by atoms with Crippen LogP contribution in [0.3, 0.4) is 0 Å². The molecule has 1 saturated heterocycles. The van der Waals surface area contributed by atoms with Crippen molar-refractivity contribution in [2.45, 2.75) is 30.2 Å². The molecular weight excluding hydrogens is 268 g/mol. The number of benzene rings is 1. The fourth-order valence-corrected chi connectivity index (χ4v) is 2.66. The number of esters is 1. The SMILES string of the molecule is O=C1OC2(O[C@H](CO)[C@@H](O)[C@H](O)[C@H]2O)c2ccccc21. The molecule has 7 nitrogen and oxygen atoms in total. The maximum atomic E-state index is 11.8. The second kappa shape index (κ2) is 4.51. The van der Waals surface area contributed by atoms with Crippen LogP contribution in [-0.2, 0) is 15.3 Å². The lowest BCUT2D eigenvalue weighted by Gasteiger charge is -2.45. The van der Waals surface area contributed by atoms with Gasteiger partial charge in [-0.25, -0.2) is 4.79 Å². The predicted molar refractivity (Wildman–Crippen MR) is 63.5 cm³/mol. The highest BCUT2D eigenvalue weighted by Crippen LogP contribution is 2.45. The lowest BCUT2D eigenvalue weighted by Crippen LogP contribution is -2.63. The van der Waals surface area contributed by atoms with Crippen molar-refractivity contribution in [1.82, 2.24) is 0 Å². The number of hydrogen-bond donors (Lipinski definition) is 4. The number of hydrogen-bond acceptors (Lipinski definition) is 7. The summed E-state index contributed by atoms with van der Waals surface area (Å²) in [7, 11) is 0. The van der Waals surface area contributed by atoms with Crippen LogP contribution >= 0.6 is 0 Å². The number of ether oxygens (including phenoxy) is 2. The van der Waals surface area contributed by atoms with Crippen LogP contribution in [0.25, 0.3) is 0 Å². The Morgan fingerprint density at radius 2 is 1.85 bits per heavy atom. The van der Waals surface area contributed by atoms with E-state index >= 15 is 0 Å². The summed E-state index contributed by atoms with van der Waals surface area (Å²) in [5.74, 6) is -2.60. The Labute approximate surface area is 114 Å². The monoisotopic (exact) mass is 282 g/mol. The maximum absolute atomic E-state index is 11.8. The zero-order valence-electron chi connectivity index (χ0n) is 10.3. The lowest BCUT2D eigenvalue weighted by molar-refractivity contribution is -0.350. The van der Waals surface area contributed by atoms with Crippen LogP contribution in [0.15, 0.2) is 24.3 Å². The highest BCUT2D eigenvalue weighted by atomic mass is 16.7. The van der Waals surface area contributed by atoms with Gasteiger partial charge in [-0.2, -0.15) is 0 Å². The van der Waals surface area contributed by atoms with Crippen LogP contribution in [0.5, 0.6) is 0 Å². The number of carbonyl (C=O) groups is 1. The van der Waals surface area contributed by atoms with Crippen molar-refractivity contribution < 1.29 is 34.7 Å². The number of fused-ring (bicyclic) bond motifs is 2. The molecule has 3 rings (SSSR count). The van der Waals surface area contributed by atoms with E-state index < -0.39 is 42.8 Å². The van der Waals surface area contributed by atoms with E-state index in [2.05, 4.69) is 0 Å². The molecule has 0 bridgehead atoms. The van der Waals surface area contributed by atoms with Gasteiger partial charge in [-0.15, -0.1) is 0 Å². The molecule has 0 saturated carbocycles. The Morgan fingerprint density at radius 3 is 2.55 bits per heavy atom. The quantitative estimate of drug-likeness (QED) is 0.462. The first kappa shape index (κ1) is 13.5. The summed E-state index contributed by atoms with van der Waals surface area (Å²) in [6, 6.07) is 6.29. The molecule has 7 heteroatoms. The minimum Gasteiger partial charge on any atom is -0.422 e. The fourth-order valence-electron chi connectivity index (χ4n) is 2.66. The summed E-state index contributed by atoms with van der Waals surface area (Å²) in [5.41, 5.74) is 0.480. The van der Waals surface area contributed by atoms with Crippen molar-refractivity contribution in [3.8, 4) is 0 Å². The Kier molecular flexibility index (Phi) is 3.03. The van der Waals surface area contributed by atoms with Crippen LogP contribution in [0.1, 0.15) is 15.9 Å². The lowest BCUT2D eigenvalue weighted by atomic mass is 9.87. The van der Waals surface area contributed by atoms with E-state index in [1.165, 1.54) is 12.1 Å². The highest BCUT2D eigenvalue weighted by Gasteiger charge is 2.61. The van der Waals surface area contributed by atoms with Gasteiger partial charge in [0.15, 0.2) is 6.10 Å². The van der Waals surface area contributed by atoms with Gasteiger partial charge in [0.25, 0.3) is 5.79 Å². The zero-order valence-corrected chi connectivity index (χ0v) is 10.3. The minimum absolute atomic E-state index is 0.215. The molecule has 2 aliphatic heterocycles. The minimum atomic E-state index is -1.90. The van der Waals surface area contributed by atoms with Gasteiger partial charge in [-0.1, -0.05) is 18.2 Å². The number of aliphatic hydroxyl groups is 4. The van der Waals surface area contributed by atoms with Crippen LogP contribution in [0.2, 0.25) is 0 Å². The first-order valence-corrected chi connectivity index (χ1v) is 6.17. The molecule has 0 aliphatic carbocycles. The van der Waals surface area contributed by atoms with Crippen LogP contribution < -0.4 is 0 Å². The van der Waals surface area contributed by atoms with E-state index in [0.29, 0.717) is 0 Å². The molecule has 1 fully saturated rings. The topological polar surface area (TPSA) is 116 Å². The van der Waals surface area contributed by atoms with E-state index in [1.807, 2.05) is 0 Å². The molecule has 1 unspecified atom stereocenters. The summed E-state index contributed by atoms with van der Waals surface area (Å²) in [5, 5.41) is 39.0. The predicted octanol–water partition coefficient (Wildman–Crippen LogP) is -1.52. The van der Waals surface area contributed by atoms with E-state index in [-0.39, 0.29) is 11.1 Å². The van der Waals surface area contributed by atoms with Crippen molar-refractivity contribution in [2.75, 3.05) is 6.61 Å². The van der Waals surface area contributed by atoms with Crippen LogP contribution in [0, 0.1) is 0 Å². The third kappa shape index (κ3) is 1.62. The average molecular weight is 282 g/mol. The Balaban J connectivity index is 2.10. The van der Waals surface area contributed by atoms with Crippen molar-refractivity contribution >= 4 is 5.97 Å². The Bertz CT molecular complexity index is 543. The van der Waals surface area contributed by atoms with Crippen molar-refractivity contribution in [3.05, 3.63) is 35.4 Å². The van der Waals surface area contributed by atoms with Gasteiger partial charge < -0.3 is 29.9 Å². The second-order valence-corrected chi connectivity index (χ2v) is 4.87. The van der Waals surface area contributed by atoms with Crippen molar-refractivity contribution in [2.24, 2.45) is 0 Å². The molecule has 1 aromatic carbocycles. The summed E-state index contributed by atoms with van der Waals surface area (Å²) in [4.78, 5) is 11.8. The highest BCUT2D eigenvalue weighted by molar-refractivity contribution is 5.94. The molecule has 0 radical (unpaired) electrons. The van der Waals surface area contributed by atoms with E-state index in [0.717, 1.165) is 0 Å². The van der Waals surface area contributed by atoms with Gasteiger partial charge in [-0.3, -0.25) is 0 Å². The third-order valence-corrected chi connectivity index (χ3v) is 3.72. The molecule has 5 atom stereocenters. The second-order valence-electron chi connectivity index (χ2n) is 4.87. The van der Waals surface area contributed by atoms with E-state index in [4.69, 9.17) is 9.47 Å². The first-order chi connectivity index (χ1) is 9.51. The Morgan fingerprint density at radius 1 is 1.15 bits per heavy atom. The van der Waals surface area contributed by atoms with E-state index in [9.17, 15) is 25.2 Å². The smallest absolute Gasteiger partial charge is 0.341 e. The van der Waals surface area contributed by atoms with Crippen molar-refractivity contribution in [3.63, 3.8) is 0 Å². The molecule has 2 heterocycles. The van der Waals surface area contributed by atoms with Gasteiger partial charge >= 0.3 is 5.97 Å². The molecule has 4 N–H and O–H groups in total. The van der Waals surface area contributed by atoms with E-state index in [1.54, 1.807) is 12.1 Å². The summed E-state index contributed by atoms with van der Waals surface area (Å²) in [6.45, 7) is -0.591. The largest absolute Gasteiger partial charge is 0.422 e. The molecule has 1 aromatic rings. The molecule has 20 heavy (non-hydrogen) atoms. The normalized spacial score (nSPS) is 39.7. The van der Waals surface area contributed by atoms with Gasteiger partial charge in [-0.05, 0) is 6.07 Å². The fraction of sp³-hybridized carbons (Fsp3) is 0.462. The Hall–Kier alpha value is -1.51. The first-order valence-electron chi connectivity index (χ1n) is 6.17. The maximum Gasteiger partial charge on any atom is 0.341 e. The number of carbonyl (C=O) groups excluding carboxylic acids is 1. The molecule has 2 aliphatic rings. The summed E-state index contributed by atoms with van der Waals surface area (Å²) in [6.07, 6.45) is -5.92. The standard InChI is InChI=1S/C13H14O7/c14-5-8-9(15)10(16)11(17)13(19-8)7-4-2-1-3-6(7)12(18)20-13/h1-4,8-11,14-17H,5H2/t8-,9-,10+,11-,13?/m1/s1. The molecule has 0 amide bonds. The average Bonchev–Trinajstić information content (AvgIpc) is 2.75. The third-order valence-electron chi connectivity index (χ3n) is 3.72. The van der Waals surface area contributed by atoms with Gasteiger partial charge in [0, 0.05) is 5.56 Å². The molecular formula is C13H14O7. The number of aliphatic hydroxyl groups excluding tert-OH is 4. The molecule has 108 valence electrons. The van der Waals surface area contributed by atoms with Gasteiger partial charge in [0.2, 0.25) is 0 Å². The van der Waals surface area contributed by atoms with Gasteiger partial charge in [0.1, 0.15) is 18.3 Å². The van der Waals surface area contributed by atoms with Crippen LogP contribution in [-0.4, -0.2) is 57.4 Å². The summed E-state index contributed by atoms with van der Waals surface area (Å²) >= 11 is 0. The van der Waals surface area contributed by atoms with Crippen LogP contribution in [0.4, 0.5) is 0 Å². The molecule has 0 aromatic heterocycles.